The van der Waals surface area contributed by atoms with Gasteiger partial charge in [-0.2, -0.15) is 0 Å². The molecule has 1 N–H and O–H groups in total. The highest BCUT2D eigenvalue weighted by molar-refractivity contribution is 5.94. The molecule has 0 saturated heterocycles. The number of rotatable bonds is 11. The zero-order chi connectivity index (χ0) is 41.5. The zero-order valence-electron chi connectivity index (χ0n) is 36.2. The molecule has 0 saturated carbocycles. The van der Waals surface area contributed by atoms with Gasteiger partial charge in [-0.05, 0) is 116 Å². The number of pyridine rings is 1. The summed E-state index contributed by atoms with van der Waals surface area (Å²) in [6.45, 7) is 26.2. The fourth-order valence-electron chi connectivity index (χ4n) is 5.77. The number of aromatic amines is 1. The van der Waals surface area contributed by atoms with Crippen molar-refractivity contribution < 1.29 is 9.18 Å². The molecule has 1 aliphatic rings. The summed E-state index contributed by atoms with van der Waals surface area (Å²) in [5.41, 5.74) is 7.96. The predicted octanol–water partition coefficient (Wildman–Crippen LogP) is 11.7. The van der Waals surface area contributed by atoms with E-state index in [9.17, 15) is 14.0 Å². The quantitative estimate of drug-likeness (QED) is 0.155. The molecular weight excluding hydrogens is 684 g/mol. The molecule has 0 amide bonds. The van der Waals surface area contributed by atoms with Crippen molar-refractivity contribution in [1.29, 1.82) is 0 Å². The van der Waals surface area contributed by atoms with Crippen molar-refractivity contribution in [2.24, 2.45) is 41.6 Å². The minimum Gasteiger partial charge on any atom is -0.348 e. The van der Waals surface area contributed by atoms with Crippen molar-refractivity contribution >= 4 is 12.0 Å². The van der Waals surface area contributed by atoms with Crippen LogP contribution >= 0.6 is 0 Å². The summed E-state index contributed by atoms with van der Waals surface area (Å²) in [6, 6.07) is 16.8. The van der Waals surface area contributed by atoms with Gasteiger partial charge in [-0.25, -0.2) is 9.37 Å². The summed E-state index contributed by atoms with van der Waals surface area (Å²) in [7, 11) is 1.78. The van der Waals surface area contributed by atoms with E-state index < -0.39 is 0 Å². The first kappa shape index (κ1) is 48.6. The Morgan fingerprint density at radius 3 is 1.80 bits per heavy atom. The minimum atomic E-state index is -0.109. The number of nitrogens with one attached hydrogen (secondary N) is 1. The van der Waals surface area contributed by atoms with Gasteiger partial charge >= 0.3 is 0 Å². The Morgan fingerprint density at radius 2 is 1.33 bits per heavy atom. The summed E-state index contributed by atoms with van der Waals surface area (Å²) in [4.78, 5) is 33.2. The summed E-state index contributed by atoms with van der Waals surface area (Å²) in [6.07, 6.45) is 15.1. The normalized spacial score (nSPS) is 11.7. The highest BCUT2D eigenvalue weighted by Crippen LogP contribution is 2.14. The highest BCUT2D eigenvalue weighted by atomic mass is 19.1. The van der Waals surface area contributed by atoms with Gasteiger partial charge in [0, 0.05) is 43.0 Å². The number of imidazole rings is 1. The van der Waals surface area contributed by atoms with Gasteiger partial charge in [0.1, 0.15) is 5.82 Å². The Morgan fingerprint density at radius 1 is 0.764 bits per heavy atom. The van der Waals surface area contributed by atoms with Gasteiger partial charge in [-0.1, -0.05) is 112 Å². The maximum absolute atomic E-state index is 12.8. The van der Waals surface area contributed by atoms with E-state index in [-0.39, 0.29) is 17.2 Å². The number of H-pyrrole nitrogens is 1. The van der Waals surface area contributed by atoms with Gasteiger partial charge in [0.05, 0.1) is 12.9 Å². The molecule has 3 heterocycles. The van der Waals surface area contributed by atoms with Crippen molar-refractivity contribution in [3.8, 4) is 0 Å². The van der Waals surface area contributed by atoms with Crippen LogP contribution in [0.1, 0.15) is 121 Å². The number of aliphatic imine (C=N–C) groups is 1. The molecule has 2 aromatic heterocycles. The van der Waals surface area contributed by atoms with Gasteiger partial charge in [0.15, 0.2) is 5.78 Å². The van der Waals surface area contributed by atoms with Crippen molar-refractivity contribution in [1.82, 2.24) is 14.5 Å². The number of carbonyl (C=O) groups is 1. The Hall–Kier alpha value is -4.39. The Balaban J connectivity index is 0.000000346. The molecular formula is C48H71FN4O2. The third-order valence-electron chi connectivity index (χ3n) is 8.18. The van der Waals surface area contributed by atoms with Crippen LogP contribution in [0.4, 0.5) is 4.39 Å². The van der Waals surface area contributed by atoms with E-state index in [0.717, 1.165) is 49.3 Å². The molecule has 0 aliphatic carbocycles. The Kier molecular flexibility index (Phi) is 23.4. The van der Waals surface area contributed by atoms with E-state index >= 15 is 0 Å². The van der Waals surface area contributed by atoms with Crippen LogP contribution in [0.3, 0.4) is 0 Å². The van der Waals surface area contributed by atoms with Crippen LogP contribution in [0.5, 0.6) is 0 Å². The number of hydrogen-bond donors (Lipinski definition) is 1. The number of Topliss-reactive ketones (excluding diaryl/α,β-unsaturated/α-hetero) is 1. The molecule has 6 nitrogen and oxygen atoms in total. The zero-order valence-corrected chi connectivity index (χ0v) is 36.2. The Bertz CT molecular complexity index is 1780. The molecule has 55 heavy (non-hydrogen) atoms. The molecule has 4 aromatic rings. The Labute approximate surface area is 332 Å². The average molecular weight is 755 g/mol. The summed E-state index contributed by atoms with van der Waals surface area (Å²) in [5.74, 6) is 3.43. The van der Waals surface area contributed by atoms with Gasteiger partial charge in [0.2, 0.25) is 5.56 Å². The fourth-order valence-corrected chi connectivity index (χ4v) is 5.77. The lowest BCUT2D eigenvalue weighted by Crippen LogP contribution is -2.15. The maximum Gasteiger partial charge on any atom is 0.250 e. The van der Waals surface area contributed by atoms with Crippen molar-refractivity contribution in [3.63, 3.8) is 0 Å². The van der Waals surface area contributed by atoms with Crippen LogP contribution in [0, 0.1) is 42.3 Å². The second-order valence-corrected chi connectivity index (χ2v) is 16.7. The molecule has 0 spiro atoms. The first-order chi connectivity index (χ1) is 25.9. The van der Waals surface area contributed by atoms with E-state index in [0.29, 0.717) is 23.7 Å². The second kappa shape index (κ2) is 26.4. The molecule has 0 radical (unpaired) electrons. The van der Waals surface area contributed by atoms with Crippen LogP contribution in [0.2, 0.25) is 0 Å². The standard InChI is InChI=1S/C12H16O.C11H15F.C10H15NO.C8H13N.C7H12N2/c1-9(2)7-11-5-4-6-12(8-11)10(3)13;1-8(2)6-10-4-5-11(12)9(3)7-10;1-8(2)6-9-4-5-10(12)11(3)7-9;1-7(2)5-8-3-4-9-6-8;1-6(2)3-7-4-8-5-9-7/h4-6,8-9H,7H2,1-3H3;2*4-5,7-8H,6H2,1-3H3;3,6-7H,4-5H2,1-2H3;4-6H,3H2,1-2H3,(H,8,9). The highest BCUT2D eigenvalue weighted by Gasteiger charge is 2.04. The number of ketones is 1. The van der Waals surface area contributed by atoms with Crippen LogP contribution in [-0.4, -0.2) is 33.1 Å². The number of hydrogen-bond acceptors (Lipinski definition) is 4. The summed E-state index contributed by atoms with van der Waals surface area (Å²) < 4.78 is 14.5. The molecule has 0 unspecified atom stereocenters. The molecule has 302 valence electrons. The van der Waals surface area contributed by atoms with E-state index in [2.05, 4.69) is 96.3 Å². The number of nitrogens with zero attached hydrogens (tertiary/aromatic N) is 3. The van der Waals surface area contributed by atoms with Crippen molar-refractivity contribution in [3.05, 3.63) is 135 Å². The van der Waals surface area contributed by atoms with Crippen LogP contribution in [0.25, 0.3) is 0 Å². The SMILES string of the molecule is CC(=O)c1cccc(CC(C)C)c1.CC(C)CC1=CCN=C1.CC(C)Cc1ccc(=O)n(C)c1.CC(C)Cc1cnc[nH]1.Cc1cc(CC(C)C)ccc1F. The number of benzene rings is 2. The first-order valence-corrected chi connectivity index (χ1v) is 20.0. The van der Waals surface area contributed by atoms with Crippen LogP contribution < -0.4 is 5.56 Å². The monoisotopic (exact) mass is 755 g/mol. The molecule has 0 bridgehead atoms. The van der Waals surface area contributed by atoms with E-state index in [4.69, 9.17) is 0 Å². The lowest BCUT2D eigenvalue weighted by Gasteiger charge is -2.05. The lowest BCUT2D eigenvalue weighted by atomic mass is 10.00. The van der Waals surface area contributed by atoms with Gasteiger partial charge < -0.3 is 9.55 Å². The molecule has 0 fully saturated rings. The van der Waals surface area contributed by atoms with E-state index in [1.54, 1.807) is 43.9 Å². The lowest BCUT2D eigenvalue weighted by molar-refractivity contribution is 0.101. The maximum atomic E-state index is 12.8. The minimum absolute atomic E-state index is 0.0579. The molecule has 1 aliphatic heterocycles. The molecule has 0 atom stereocenters. The van der Waals surface area contributed by atoms with Crippen LogP contribution in [-0.2, 0) is 32.7 Å². The summed E-state index contributed by atoms with van der Waals surface area (Å²) in [5, 5.41) is 0. The van der Waals surface area contributed by atoms with E-state index in [1.165, 1.54) is 34.4 Å². The predicted molar refractivity (Wildman–Crippen MR) is 233 cm³/mol. The second-order valence-electron chi connectivity index (χ2n) is 16.7. The molecule has 7 heteroatoms. The number of carbonyl (C=O) groups excluding carboxylic acids is 1. The number of halogens is 1. The van der Waals surface area contributed by atoms with Gasteiger partial charge in [-0.3, -0.25) is 14.6 Å². The molecule has 5 rings (SSSR count). The van der Waals surface area contributed by atoms with Crippen molar-refractivity contribution in [2.45, 2.75) is 115 Å². The third kappa shape index (κ3) is 23.2. The first-order valence-electron chi connectivity index (χ1n) is 20.0. The van der Waals surface area contributed by atoms with Crippen LogP contribution in [0.15, 0.2) is 94.8 Å². The third-order valence-corrected chi connectivity index (χ3v) is 8.18. The number of allylic oxidation sites excluding steroid dienone is 1. The molecule has 2 aromatic carbocycles. The summed E-state index contributed by atoms with van der Waals surface area (Å²) >= 11 is 0. The topological polar surface area (TPSA) is 80.1 Å². The van der Waals surface area contributed by atoms with Crippen molar-refractivity contribution in [2.75, 3.05) is 6.54 Å². The number of aryl methyl sites for hydroxylation is 2. The average Bonchev–Trinajstić information content (AvgIpc) is 3.79. The van der Waals surface area contributed by atoms with Gasteiger partial charge in [0.25, 0.3) is 0 Å². The smallest absolute Gasteiger partial charge is 0.250 e. The largest absolute Gasteiger partial charge is 0.348 e. The fraction of sp³-hybridized carbons (Fsp3) is 0.500. The number of aromatic nitrogens is 3. The van der Waals surface area contributed by atoms with Gasteiger partial charge in [-0.15, -0.1) is 0 Å². The van der Waals surface area contributed by atoms with E-state index in [1.807, 2.05) is 55.0 Å².